The number of aliphatic hydroxyl groups is 1. The zero-order valence-electron chi connectivity index (χ0n) is 35.8. The number of carboxylic acid groups (broad SMARTS) is 1. The molecule has 63 heavy (non-hydrogen) atoms. The Bertz CT molecular complexity index is 2160. The molecule has 1 aromatic heterocycles. The molecule has 1 aliphatic rings. The van der Waals surface area contributed by atoms with Gasteiger partial charge in [-0.15, -0.1) is 5.06 Å². The molecule has 2 heterocycles. The fourth-order valence-electron chi connectivity index (χ4n) is 7.13. The van der Waals surface area contributed by atoms with Gasteiger partial charge in [0.05, 0.1) is 12.6 Å². The number of aromatic nitrogens is 1. The van der Waals surface area contributed by atoms with Crippen LogP contribution in [-0.2, 0) is 49.7 Å². The van der Waals surface area contributed by atoms with Crippen LogP contribution < -0.4 is 16.0 Å². The summed E-state index contributed by atoms with van der Waals surface area (Å²) in [6.07, 6.45) is 0.611. The molecule has 3 aromatic rings. The number of carbonyl (C=O) groups excluding carboxylic acids is 7. The number of hydrogen-bond donors (Lipinski definition) is 5. The number of benzene rings is 2. The van der Waals surface area contributed by atoms with E-state index in [0.29, 0.717) is 16.3 Å². The van der Waals surface area contributed by atoms with Crippen LogP contribution in [0.15, 0.2) is 60.8 Å². The summed E-state index contributed by atoms with van der Waals surface area (Å²) in [6, 6.07) is 10.4. The molecule has 2 aromatic carbocycles. The maximum absolute atomic E-state index is 15.1. The first kappa shape index (κ1) is 49.2. The van der Waals surface area contributed by atoms with E-state index in [2.05, 4.69) is 16.0 Å². The summed E-state index contributed by atoms with van der Waals surface area (Å²) in [6.45, 7) is 7.07. The molecule has 5 N–H and O–H groups in total. The number of hydroxylamine groups is 2. The van der Waals surface area contributed by atoms with Gasteiger partial charge in [0.25, 0.3) is 11.8 Å². The molecule has 2 unspecified atom stereocenters. The quantitative estimate of drug-likeness (QED) is 0.0974. The number of hydrogen-bond acceptors (Lipinski definition) is 10. The molecule has 0 bridgehead atoms. The minimum atomic E-state index is -1.58. The average Bonchev–Trinajstić information content (AvgIpc) is 3.77. The fraction of sp³-hybridized carbons (Fsp3) is 0.455. The van der Waals surface area contributed by atoms with Crippen LogP contribution in [0.3, 0.4) is 0 Å². The smallest absolute Gasteiger partial charge is 0.333 e. The summed E-state index contributed by atoms with van der Waals surface area (Å²) in [4.78, 5) is 106. The van der Waals surface area contributed by atoms with Crippen molar-refractivity contribution < 1.29 is 62.2 Å². The second-order valence-electron chi connectivity index (χ2n) is 16.6. The van der Waals surface area contributed by atoms with Gasteiger partial charge < -0.3 is 40.5 Å². The number of carbonyl (C=O) groups is 8. The van der Waals surface area contributed by atoms with Gasteiger partial charge in [-0.2, -0.15) is 0 Å². The number of halogens is 2. The van der Waals surface area contributed by atoms with Crippen LogP contribution >= 0.6 is 0 Å². The Labute approximate surface area is 363 Å². The Morgan fingerprint density at radius 3 is 2.17 bits per heavy atom. The lowest BCUT2D eigenvalue weighted by atomic mass is 9.82. The number of amides is 6. The molecule has 0 radical (unpaired) electrons. The lowest BCUT2D eigenvalue weighted by Crippen LogP contribution is -2.53. The summed E-state index contributed by atoms with van der Waals surface area (Å²) in [5.41, 5.74) is 0.824. The number of carboxylic acids is 1. The van der Waals surface area contributed by atoms with E-state index in [9.17, 15) is 53.0 Å². The molecule has 17 nitrogen and oxygen atoms in total. The molecule has 3 atom stereocenters. The van der Waals surface area contributed by atoms with Gasteiger partial charge >= 0.3 is 11.9 Å². The lowest BCUT2D eigenvalue weighted by Gasteiger charge is -2.41. The SMILES string of the molecule is CC(C)C(NC(=O)CCCC(=O)ON1C(=O)CCC1=O)C(=O)NCC(=O)N[C@@H](CCN(C(=O)CO)C(c1cc(-c2cc(F)ccc2F)cn1Cc1ccccc1)C(C)(C)C)C(=O)O. The molecule has 1 fully saturated rings. The number of nitrogens with zero attached hydrogens (tertiary/aromatic N) is 3. The van der Waals surface area contributed by atoms with Crippen molar-refractivity contribution >= 4 is 47.4 Å². The van der Waals surface area contributed by atoms with Gasteiger partial charge in [-0.25, -0.2) is 18.4 Å². The highest BCUT2D eigenvalue weighted by Crippen LogP contribution is 2.41. The van der Waals surface area contributed by atoms with E-state index in [1.807, 2.05) is 51.1 Å². The summed E-state index contributed by atoms with van der Waals surface area (Å²) >= 11 is 0. The zero-order chi connectivity index (χ0) is 46.6. The number of imide groups is 1. The van der Waals surface area contributed by atoms with Crippen LogP contribution in [0.4, 0.5) is 8.78 Å². The van der Waals surface area contributed by atoms with Gasteiger partial charge in [0.15, 0.2) is 0 Å². The maximum atomic E-state index is 15.1. The van der Waals surface area contributed by atoms with Crippen molar-refractivity contribution in [1.82, 2.24) is 30.5 Å². The summed E-state index contributed by atoms with van der Waals surface area (Å²) in [5.74, 6) is -8.47. The molecule has 0 spiro atoms. The van der Waals surface area contributed by atoms with Gasteiger partial charge in [-0.3, -0.25) is 28.8 Å². The Morgan fingerprint density at radius 1 is 0.905 bits per heavy atom. The first-order valence-electron chi connectivity index (χ1n) is 20.5. The maximum Gasteiger partial charge on any atom is 0.333 e. The van der Waals surface area contributed by atoms with Crippen LogP contribution in [0.2, 0.25) is 0 Å². The van der Waals surface area contributed by atoms with Gasteiger partial charge in [-0.05, 0) is 54.0 Å². The average molecular weight is 881 g/mol. The second-order valence-corrected chi connectivity index (χ2v) is 16.6. The largest absolute Gasteiger partial charge is 0.480 e. The van der Waals surface area contributed by atoms with E-state index >= 15 is 4.39 Å². The molecule has 0 saturated carbocycles. The van der Waals surface area contributed by atoms with E-state index in [1.54, 1.807) is 30.7 Å². The number of aliphatic hydroxyl groups excluding tert-OH is 1. The Hall–Kier alpha value is -6.50. The third kappa shape index (κ3) is 13.7. The molecule has 1 saturated heterocycles. The van der Waals surface area contributed by atoms with Gasteiger partial charge in [0.1, 0.15) is 30.3 Å². The summed E-state index contributed by atoms with van der Waals surface area (Å²) in [7, 11) is 0. The number of rotatable bonds is 21. The van der Waals surface area contributed by atoms with Crippen LogP contribution in [-0.4, -0.2) is 104 Å². The highest BCUT2D eigenvalue weighted by atomic mass is 19.1. The number of aliphatic carboxylic acids is 1. The fourth-order valence-corrected chi connectivity index (χ4v) is 7.13. The van der Waals surface area contributed by atoms with Gasteiger partial charge in [0.2, 0.25) is 23.6 Å². The summed E-state index contributed by atoms with van der Waals surface area (Å²) < 4.78 is 31.3. The highest BCUT2D eigenvalue weighted by molar-refractivity contribution is 6.01. The van der Waals surface area contributed by atoms with Crippen LogP contribution in [0, 0.1) is 23.0 Å². The third-order valence-electron chi connectivity index (χ3n) is 10.2. The van der Waals surface area contributed by atoms with E-state index in [-0.39, 0.29) is 57.2 Å². The van der Waals surface area contributed by atoms with Crippen molar-refractivity contribution in [3.63, 3.8) is 0 Å². The molecule has 6 amide bonds. The highest BCUT2D eigenvalue weighted by Gasteiger charge is 2.38. The Morgan fingerprint density at radius 2 is 1.57 bits per heavy atom. The zero-order valence-corrected chi connectivity index (χ0v) is 35.8. The summed E-state index contributed by atoms with van der Waals surface area (Å²) in [5, 5.41) is 28.0. The van der Waals surface area contributed by atoms with Crippen LogP contribution in [0.25, 0.3) is 11.1 Å². The van der Waals surface area contributed by atoms with Crippen LogP contribution in [0.5, 0.6) is 0 Å². The molecule has 19 heteroatoms. The first-order valence-corrected chi connectivity index (χ1v) is 20.5. The topological polar surface area (TPSA) is 234 Å². The van der Waals surface area contributed by atoms with Crippen molar-refractivity contribution in [2.45, 2.75) is 97.8 Å². The number of nitrogens with one attached hydrogen (secondary N) is 3. The van der Waals surface area contributed by atoms with Crippen molar-refractivity contribution in [2.24, 2.45) is 11.3 Å². The first-order chi connectivity index (χ1) is 29.7. The molecular weight excluding hydrogens is 827 g/mol. The van der Waals surface area contributed by atoms with E-state index in [0.717, 1.165) is 23.8 Å². The third-order valence-corrected chi connectivity index (χ3v) is 10.2. The van der Waals surface area contributed by atoms with E-state index in [1.165, 1.54) is 4.90 Å². The Balaban J connectivity index is 1.44. The van der Waals surface area contributed by atoms with Crippen molar-refractivity contribution in [1.29, 1.82) is 0 Å². The lowest BCUT2D eigenvalue weighted by molar-refractivity contribution is -0.197. The molecule has 340 valence electrons. The normalized spacial score (nSPS) is 14.2. The Kier molecular flexibility index (Phi) is 17.2. The minimum Gasteiger partial charge on any atom is -0.480 e. The monoisotopic (exact) mass is 880 g/mol. The predicted molar refractivity (Wildman–Crippen MR) is 221 cm³/mol. The van der Waals surface area contributed by atoms with Crippen molar-refractivity contribution in [3.05, 3.63) is 83.7 Å². The van der Waals surface area contributed by atoms with E-state index in [4.69, 9.17) is 4.84 Å². The second kappa shape index (κ2) is 22.0. The molecule has 0 aliphatic carbocycles. The van der Waals surface area contributed by atoms with Crippen molar-refractivity contribution in [2.75, 3.05) is 19.7 Å². The predicted octanol–water partition coefficient (Wildman–Crippen LogP) is 3.38. The van der Waals surface area contributed by atoms with Gasteiger partial charge in [0, 0.05) is 61.8 Å². The standard InChI is InChI=1S/C44H54F2N6O11/c1-26(2)40(49-34(54)12-9-13-39(59)63-52-36(56)16-17-37(52)57)42(60)47-22-35(55)48-32(43(61)62)18-19-51(38(58)25-53)41(44(3,4)5)33-20-28(30-21-29(45)14-15-31(30)46)24-50(33)23-27-10-7-6-8-11-27/h6-8,10-11,14-15,20-21,24,26,32,40-41,53H,9,12-13,16-19,22-23,25H2,1-5H3,(H,47,60)(H,48,55)(H,49,54)(H,61,62)/t32-,40?,41?/m0/s1. The minimum absolute atomic E-state index is 0.0219. The van der Waals surface area contributed by atoms with Crippen molar-refractivity contribution in [3.8, 4) is 11.1 Å². The van der Waals surface area contributed by atoms with Gasteiger partial charge in [-0.1, -0.05) is 65.0 Å². The van der Waals surface area contributed by atoms with E-state index < -0.39 is 102 Å². The molecular formula is C44H54F2N6O11. The molecule has 1 aliphatic heterocycles. The van der Waals surface area contributed by atoms with Crippen LogP contribution in [0.1, 0.15) is 90.4 Å². The molecule has 4 rings (SSSR count).